The van der Waals surface area contributed by atoms with Crippen LogP contribution in [0.25, 0.3) is 10.8 Å². The van der Waals surface area contributed by atoms with Crippen molar-refractivity contribution in [3.8, 4) is 0 Å². The Morgan fingerprint density at radius 2 is 1.90 bits per heavy atom. The molecule has 3 atom stereocenters. The van der Waals surface area contributed by atoms with Crippen molar-refractivity contribution in [1.29, 1.82) is 0 Å². The van der Waals surface area contributed by atoms with Crippen molar-refractivity contribution in [3.63, 3.8) is 0 Å². The lowest BCUT2D eigenvalue weighted by molar-refractivity contribution is -0.141. The van der Waals surface area contributed by atoms with Gasteiger partial charge in [0.05, 0.1) is 17.5 Å². The van der Waals surface area contributed by atoms with Crippen molar-refractivity contribution in [2.75, 3.05) is 0 Å². The number of halogens is 3. The Hall–Kier alpha value is -3.03. The number of carbonyl (C=O) groups is 1. The molecule has 0 saturated carbocycles. The number of hydrogen-bond acceptors (Lipinski definition) is 4. The second-order valence-corrected chi connectivity index (χ2v) is 8.01. The number of hydrogen-bond donors (Lipinski definition) is 0. The summed E-state index contributed by atoms with van der Waals surface area (Å²) < 4.78 is 38.1. The molecule has 2 bridgehead atoms. The fourth-order valence-corrected chi connectivity index (χ4v) is 4.95. The van der Waals surface area contributed by atoms with Crippen LogP contribution in [0.4, 0.5) is 13.2 Å². The molecule has 1 amide bonds. The van der Waals surface area contributed by atoms with Gasteiger partial charge in [-0.1, -0.05) is 24.3 Å². The number of nitrogens with zero attached hydrogens (tertiary/aromatic N) is 4. The predicted molar refractivity (Wildman–Crippen MR) is 104 cm³/mol. The van der Waals surface area contributed by atoms with Gasteiger partial charge in [0, 0.05) is 36.1 Å². The van der Waals surface area contributed by atoms with Crippen LogP contribution in [0.15, 0.2) is 49.1 Å². The van der Waals surface area contributed by atoms with Gasteiger partial charge in [0.25, 0.3) is 5.91 Å². The van der Waals surface area contributed by atoms with Gasteiger partial charge >= 0.3 is 6.18 Å². The van der Waals surface area contributed by atoms with Crippen LogP contribution in [0.5, 0.6) is 0 Å². The number of rotatable bonds is 3. The molecule has 2 saturated heterocycles. The average Bonchev–Trinajstić information content (AvgIpc) is 3.30. The van der Waals surface area contributed by atoms with Crippen LogP contribution in [-0.4, -0.2) is 37.8 Å². The van der Waals surface area contributed by atoms with Gasteiger partial charge in [-0.05, 0) is 37.0 Å². The minimum atomic E-state index is -4.49. The molecule has 0 spiro atoms. The monoisotopic (exact) mass is 412 g/mol. The van der Waals surface area contributed by atoms with Gasteiger partial charge in [0.2, 0.25) is 0 Å². The smallest absolute Gasteiger partial charge is 0.332 e. The first-order valence-electron chi connectivity index (χ1n) is 9.95. The molecule has 3 unspecified atom stereocenters. The highest BCUT2D eigenvalue weighted by atomic mass is 19.4. The van der Waals surface area contributed by atoms with Crippen LogP contribution in [0, 0.1) is 5.92 Å². The zero-order chi connectivity index (χ0) is 20.9. The van der Waals surface area contributed by atoms with Gasteiger partial charge in [-0.25, -0.2) is 4.98 Å². The van der Waals surface area contributed by atoms with Gasteiger partial charge in [-0.15, -0.1) is 0 Å². The van der Waals surface area contributed by atoms with Crippen LogP contribution >= 0.6 is 0 Å². The van der Waals surface area contributed by atoms with E-state index in [9.17, 15) is 18.0 Å². The Kier molecular flexibility index (Phi) is 4.45. The van der Waals surface area contributed by atoms with E-state index in [1.165, 1.54) is 6.20 Å². The van der Waals surface area contributed by atoms with Gasteiger partial charge < -0.3 is 4.90 Å². The summed E-state index contributed by atoms with van der Waals surface area (Å²) >= 11 is 0. The van der Waals surface area contributed by atoms with E-state index < -0.39 is 11.9 Å². The molecule has 5 nitrogen and oxygen atoms in total. The maximum absolute atomic E-state index is 13.4. The van der Waals surface area contributed by atoms with Gasteiger partial charge in [-0.3, -0.25) is 14.8 Å². The van der Waals surface area contributed by atoms with E-state index in [-0.39, 0.29) is 23.9 Å². The quantitative estimate of drug-likeness (QED) is 0.644. The Morgan fingerprint density at radius 3 is 2.67 bits per heavy atom. The summed E-state index contributed by atoms with van der Waals surface area (Å²) in [6, 6.07) is 7.89. The number of amides is 1. The maximum Gasteiger partial charge on any atom is 0.434 e. The molecule has 2 aliphatic rings. The Morgan fingerprint density at radius 1 is 1.07 bits per heavy atom. The Bertz CT molecular complexity index is 1090. The third-order valence-electron chi connectivity index (χ3n) is 6.27. The zero-order valence-electron chi connectivity index (χ0n) is 16.0. The zero-order valence-corrected chi connectivity index (χ0v) is 16.0. The highest BCUT2D eigenvalue weighted by Gasteiger charge is 2.48. The summed E-state index contributed by atoms with van der Waals surface area (Å²) in [5.74, 6) is 0.148. The first-order valence-corrected chi connectivity index (χ1v) is 9.95. The third kappa shape index (κ3) is 3.20. The topological polar surface area (TPSA) is 59.0 Å². The molecular formula is C22H19F3N4O. The van der Waals surface area contributed by atoms with E-state index in [0.29, 0.717) is 17.7 Å². The summed E-state index contributed by atoms with van der Waals surface area (Å²) in [4.78, 5) is 27.1. The van der Waals surface area contributed by atoms with E-state index in [2.05, 4.69) is 15.0 Å². The number of carbonyl (C=O) groups excluding carboxylic acids is 1. The number of alkyl halides is 3. The molecular weight excluding hydrogens is 393 g/mol. The van der Waals surface area contributed by atoms with Crippen LogP contribution < -0.4 is 0 Å². The summed E-state index contributed by atoms with van der Waals surface area (Å²) in [7, 11) is 0. The number of pyridine rings is 1. The van der Waals surface area contributed by atoms with E-state index >= 15 is 0 Å². The van der Waals surface area contributed by atoms with Crippen LogP contribution in [0.1, 0.15) is 41.0 Å². The molecule has 30 heavy (non-hydrogen) atoms. The fourth-order valence-electron chi connectivity index (χ4n) is 4.95. The van der Waals surface area contributed by atoms with Crippen molar-refractivity contribution in [3.05, 3.63) is 66.0 Å². The molecule has 3 aromatic rings. The van der Waals surface area contributed by atoms with Gasteiger partial charge in [-0.2, -0.15) is 13.2 Å². The van der Waals surface area contributed by atoms with Crippen LogP contribution in [0.3, 0.4) is 0 Å². The highest BCUT2D eigenvalue weighted by molar-refractivity contribution is 6.06. The summed E-state index contributed by atoms with van der Waals surface area (Å²) in [6.07, 6.45) is 4.06. The molecule has 4 heterocycles. The van der Waals surface area contributed by atoms with Crippen molar-refractivity contribution in [2.45, 2.75) is 43.9 Å². The van der Waals surface area contributed by atoms with Gasteiger partial charge in [0.1, 0.15) is 0 Å². The summed E-state index contributed by atoms with van der Waals surface area (Å²) in [5, 5.41) is 1.81. The van der Waals surface area contributed by atoms with E-state index in [1.807, 2.05) is 29.2 Å². The van der Waals surface area contributed by atoms with Crippen molar-refractivity contribution >= 4 is 16.7 Å². The average molecular weight is 412 g/mol. The minimum Gasteiger partial charge on any atom is -0.332 e. The molecule has 1 aromatic carbocycles. The van der Waals surface area contributed by atoms with Crippen molar-refractivity contribution in [1.82, 2.24) is 19.9 Å². The largest absolute Gasteiger partial charge is 0.434 e. The first kappa shape index (κ1) is 19.0. The lowest BCUT2D eigenvalue weighted by Crippen LogP contribution is -2.37. The second-order valence-electron chi connectivity index (χ2n) is 8.01. The highest BCUT2D eigenvalue weighted by Crippen LogP contribution is 2.44. The minimum absolute atomic E-state index is 0.0206. The standard InChI is InChI=1S/C22H19F3N4O/c23-22(24,25)20-12-27-15(10-28-20)7-14-8-16-5-6-19(14)29(16)21(30)18-11-26-9-13-3-1-2-4-17(13)18/h1-4,9-12,14,16,19H,5-8H2. The number of benzene rings is 1. The Balaban J connectivity index is 1.37. The maximum atomic E-state index is 13.4. The fraction of sp³-hybridized carbons (Fsp3) is 0.364. The predicted octanol–water partition coefficient (Wildman–Crippen LogP) is 4.28. The summed E-state index contributed by atoms with van der Waals surface area (Å²) in [6.45, 7) is 0. The third-order valence-corrected chi connectivity index (χ3v) is 6.27. The molecule has 5 rings (SSSR count). The molecule has 2 aromatic heterocycles. The molecule has 2 aliphatic heterocycles. The van der Waals surface area contributed by atoms with E-state index in [4.69, 9.17) is 0 Å². The molecule has 8 heteroatoms. The molecule has 0 radical (unpaired) electrons. The van der Waals surface area contributed by atoms with Crippen LogP contribution in [0.2, 0.25) is 0 Å². The second kappa shape index (κ2) is 7.04. The normalized spacial score (nSPS) is 23.3. The number of aromatic nitrogens is 3. The molecule has 0 N–H and O–H groups in total. The molecule has 2 fully saturated rings. The Labute approximate surface area is 171 Å². The van der Waals surface area contributed by atoms with Crippen molar-refractivity contribution < 1.29 is 18.0 Å². The molecule has 154 valence electrons. The first-order chi connectivity index (χ1) is 14.4. The van der Waals surface area contributed by atoms with Crippen molar-refractivity contribution in [2.24, 2.45) is 5.92 Å². The SMILES string of the molecule is O=C(c1cncc2ccccc12)N1C2CCC1C(Cc1cnc(C(F)(F)F)cn1)C2. The van der Waals surface area contributed by atoms with E-state index in [0.717, 1.165) is 36.2 Å². The summed E-state index contributed by atoms with van der Waals surface area (Å²) in [5.41, 5.74) is 0.138. The van der Waals surface area contributed by atoms with E-state index in [1.54, 1.807) is 12.4 Å². The molecule has 0 aliphatic carbocycles. The lowest BCUT2D eigenvalue weighted by Gasteiger charge is -2.25. The number of fused-ring (bicyclic) bond motifs is 3. The van der Waals surface area contributed by atoms with Crippen LogP contribution in [-0.2, 0) is 12.6 Å². The lowest BCUT2D eigenvalue weighted by atomic mass is 9.86. The van der Waals surface area contributed by atoms with Gasteiger partial charge in [0.15, 0.2) is 5.69 Å².